The number of ether oxygens (including phenoxy) is 1. The molecule has 1 aliphatic heterocycles. The molecule has 0 bridgehead atoms. The normalized spacial score (nSPS) is 16.2. The van der Waals surface area contributed by atoms with Crippen LogP contribution in [0.1, 0.15) is 10.4 Å². The minimum Gasteiger partial charge on any atom is -0.378 e. The van der Waals surface area contributed by atoms with Gasteiger partial charge in [-0.1, -0.05) is 0 Å². The minimum absolute atomic E-state index is 0.239. The lowest BCUT2D eigenvalue weighted by atomic mass is 10.2. The van der Waals surface area contributed by atoms with Crippen molar-refractivity contribution in [1.82, 2.24) is 4.98 Å². The highest BCUT2D eigenvalue weighted by atomic mass is 19.1. The lowest BCUT2D eigenvalue weighted by Gasteiger charge is -2.28. The third-order valence-corrected chi connectivity index (χ3v) is 2.42. The number of rotatable bonds is 2. The highest BCUT2D eigenvalue weighted by Crippen LogP contribution is 2.18. The summed E-state index contributed by atoms with van der Waals surface area (Å²) in [6, 6.07) is 2.49. The number of anilines is 1. The summed E-state index contributed by atoms with van der Waals surface area (Å²) in [6.07, 6.45) is 0. The molecular formula is C10H12FN3O2. The minimum atomic E-state index is -0.619. The van der Waals surface area contributed by atoms with Crippen LogP contribution >= 0.6 is 0 Å². The van der Waals surface area contributed by atoms with Gasteiger partial charge in [0.05, 0.1) is 18.8 Å². The number of morpholine rings is 1. The zero-order valence-corrected chi connectivity index (χ0v) is 8.65. The van der Waals surface area contributed by atoms with Gasteiger partial charge in [-0.05, 0) is 12.1 Å². The van der Waals surface area contributed by atoms with Gasteiger partial charge in [-0.25, -0.2) is 4.98 Å². The number of halogens is 1. The van der Waals surface area contributed by atoms with Gasteiger partial charge in [0.15, 0.2) is 0 Å². The number of nitrogens with two attached hydrogens (primary N) is 1. The fraction of sp³-hybridized carbons (Fsp3) is 0.400. The van der Waals surface area contributed by atoms with Crippen molar-refractivity contribution in [3.63, 3.8) is 0 Å². The Labute approximate surface area is 92.0 Å². The van der Waals surface area contributed by atoms with E-state index in [0.29, 0.717) is 32.1 Å². The number of primary amides is 1. The fourth-order valence-electron chi connectivity index (χ4n) is 1.63. The van der Waals surface area contributed by atoms with Crippen molar-refractivity contribution in [3.8, 4) is 0 Å². The molecule has 2 N–H and O–H groups in total. The van der Waals surface area contributed by atoms with Crippen LogP contribution < -0.4 is 10.6 Å². The van der Waals surface area contributed by atoms with Gasteiger partial charge in [0.1, 0.15) is 5.82 Å². The van der Waals surface area contributed by atoms with E-state index >= 15 is 0 Å². The van der Waals surface area contributed by atoms with E-state index in [4.69, 9.17) is 10.5 Å². The Kier molecular flexibility index (Phi) is 3.00. The predicted molar refractivity (Wildman–Crippen MR) is 55.7 cm³/mol. The van der Waals surface area contributed by atoms with Gasteiger partial charge < -0.3 is 15.4 Å². The van der Waals surface area contributed by atoms with Gasteiger partial charge in [-0.3, -0.25) is 4.79 Å². The molecule has 0 radical (unpaired) electrons. The van der Waals surface area contributed by atoms with Crippen molar-refractivity contribution in [1.29, 1.82) is 0 Å². The first-order valence-electron chi connectivity index (χ1n) is 4.97. The largest absolute Gasteiger partial charge is 0.378 e. The number of carbonyl (C=O) groups excluding carboxylic acids is 1. The number of aromatic nitrogens is 1. The molecule has 0 saturated carbocycles. The Morgan fingerprint density at radius 1 is 1.44 bits per heavy atom. The van der Waals surface area contributed by atoms with E-state index in [-0.39, 0.29) is 5.56 Å². The van der Waals surface area contributed by atoms with Gasteiger partial charge in [-0.15, -0.1) is 0 Å². The number of pyridine rings is 1. The van der Waals surface area contributed by atoms with E-state index in [2.05, 4.69) is 4.98 Å². The summed E-state index contributed by atoms with van der Waals surface area (Å²) < 4.78 is 18.2. The SMILES string of the molecule is NC(=O)c1ccc(F)nc1N1CCOCC1. The molecule has 5 nitrogen and oxygen atoms in total. The van der Waals surface area contributed by atoms with E-state index in [1.54, 1.807) is 4.90 Å². The molecule has 2 rings (SSSR count). The molecule has 1 aromatic heterocycles. The van der Waals surface area contributed by atoms with Crippen molar-refractivity contribution >= 4 is 11.7 Å². The number of carbonyl (C=O) groups is 1. The Hall–Kier alpha value is -1.69. The average molecular weight is 225 g/mol. The molecule has 1 aliphatic rings. The summed E-state index contributed by atoms with van der Waals surface area (Å²) in [5.74, 6) is -0.920. The summed E-state index contributed by atoms with van der Waals surface area (Å²) in [5, 5.41) is 0. The van der Waals surface area contributed by atoms with Crippen LogP contribution in [0.25, 0.3) is 0 Å². The van der Waals surface area contributed by atoms with Crippen LogP contribution in [0, 0.1) is 5.95 Å². The first-order valence-corrected chi connectivity index (χ1v) is 4.97. The van der Waals surface area contributed by atoms with Crippen molar-refractivity contribution in [3.05, 3.63) is 23.6 Å². The second kappa shape index (κ2) is 4.44. The summed E-state index contributed by atoms with van der Waals surface area (Å²) in [6.45, 7) is 2.24. The van der Waals surface area contributed by atoms with E-state index in [1.807, 2.05) is 0 Å². The van der Waals surface area contributed by atoms with Crippen LogP contribution in [0.3, 0.4) is 0 Å². The molecule has 1 amide bonds. The summed E-state index contributed by atoms with van der Waals surface area (Å²) >= 11 is 0. The summed E-state index contributed by atoms with van der Waals surface area (Å²) in [7, 11) is 0. The second-order valence-corrected chi connectivity index (χ2v) is 3.47. The molecule has 6 heteroatoms. The Morgan fingerprint density at radius 2 is 2.12 bits per heavy atom. The van der Waals surface area contributed by atoms with Crippen molar-refractivity contribution in [2.45, 2.75) is 0 Å². The Balaban J connectivity index is 2.36. The van der Waals surface area contributed by atoms with E-state index < -0.39 is 11.9 Å². The van der Waals surface area contributed by atoms with Crippen LogP contribution in [0.15, 0.2) is 12.1 Å². The zero-order valence-electron chi connectivity index (χ0n) is 8.65. The van der Waals surface area contributed by atoms with Crippen LogP contribution in [0.5, 0.6) is 0 Å². The predicted octanol–water partition coefficient (Wildman–Crippen LogP) is 0.156. The first-order chi connectivity index (χ1) is 7.68. The van der Waals surface area contributed by atoms with Crippen molar-refractivity contribution in [2.24, 2.45) is 5.73 Å². The molecule has 0 aliphatic carbocycles. The maximum atomic E-state index is 13.0. The van der Waals surface area contributed by atoms with Crippen molar-refractivity contribution in [2.75, 3.05) is 31.2 Å². The first kappa shape index (κ1) is 10.8. The van der Waals surface area contributed by atoms with Gasteiger partial charge in [0, 0.05) is 13.1 Å². The molecule has 2 heterocycles. The quantitative estimate of drug-likeness (QED) is 0.728. The lowest BCUT2D eigenvalue weighted by molar-refractivity contribution is 0.0998. The molecule has 86 valence electrons. The van der Waals surface area contributed by atoms with Gasteiger partial charge in [-0.2, -0.15) is 4.39 Å². The third kappa shape index (κ3) is 2.11. The molecule has 1 aromatic rings. The monoisotopic (exact) mass is 225 g/mol. The lowest BCUT2D eigenvalue weighted by Crippen LogP contribution is -2.38. The fourth-order valence-corrected chi connectivity index (χ4v) is 1.63. The third-order valence-electron chi connectivity index (χ3n) is 2.42. The van der Waals surface area contributed by atoms with Crippen molar-refractivity contribution < 1.29 is 13.9 Å². The second-order valence-electron chi connectivity index (χ2n) is 3.47. The molecule has 0 spiro atoms. The van der Waals surface area contributed by atoms with Gasteiger partial charge in [0.2, 0.25) is 5.95 Å². The topological polar surface area (TPSA) is 68.5 Å². The van der Waals surface area contributed by atoms with Crippen LogP contribution in [0.4, 0.5) is 10.2 Å². The molecule has 0 aromatic carbocycles. The van der Waals surface area contributed by atoms with Gasteiger partial charge >= 0.3 is 0 Å². The maximum Gasteiger partial charge on any atom is 0.252 e. The van der Waals surface area contributed by atoms with E-state index in [1.165, 1.54) is 6.07 Å². The molecular weight excluding hydrogens is 213 g/mol. The number of hydrogen-bond acceptors (Lipinski definition) is 4. The number of hydrogen-bond donors (Lipinski definition) is 1. The molecule has 16 heavy (non-hydrogen) atoms. The number of amides is 1. The van der Waals surface area contributed by atoms with Crippen LogP contribution in [-0.2, 0) is 4.74 Å². The number of nitrogens with zero attached hydrogens (tertiary/aromatic N) is 2. The van der Waals surface area contributed by atoms with E-state index in [0.717, 1.165) is 6.07 Å². The maximum absolute atomic E-state index is 13.0. The average Bonchev–Trinajstić information content (AvgIpc) is 2.29. The smallest absolute Gasteiger partial charge is 0.252 e. The summed E-state index contributed by atoms with van der Waals surface area (Å²) in [5.41, 5.74) is 5.45. The summed E-state index contributed by atoms with van der Waals surface area (Å²) in [4.78, 5) is 16.7. The molecule has 0 atom stereocenters. The highest BCUT2D eigenvalue weighted by Gasteiger charge is 2.19. The highest BCUT2D eigenvalue weighted by molar-refractivity contribution is 5.97. The standard InChI is InChI=1S/C10H12FN3O2/c11-8-2-1-7(9(12)15)10(13-8)14-3-5-16-6-4-14/h1-2H,3-6H2,(H2,12,15). The van der Waals surface area contributed by atoms with E-state index in [9.17, 15) is 9.18 Å². The van der Waals surface area contributed by atoms with Crippen LogP contribution in [-0.4, -0.2) is 37.2 Å². The Bertz CT molecular complexity index is 405. The molecule has 1 fully saturated rings. The molecule has 1 saturated heterocycles. The Morgan fingerprint density at radius 3 is 2.75 bits per heavy atom. The zero-order chi connectivity index (χ0) is 11.5. The molecule has 0 unspecified atom stereocenters. The van der Waals surface area contributed by atoms with Gasteiger partial charge in [0.25, 0.3) is 5.91 Å². The van der Waals surface area contributed by atoms with Crippen LogP contribution in [0.2, 0.25) is 0 Å².